The van der Waals surface area contributed by atoms with Crippen molar-refractivity contribution in [2.45, 2.75) is 38.3 Å². The van der Waals surface area contributed by atoms with E-state index >= 15 is 0 Å². The molecule has 106 valence electrons. The van der Waals surface area contributed by atoms with Gasteiger partial charge in [-0.05, 0) is 54.1 Å². The Morgan fingerprint density at radius 2 is 1.70 bits per heavy atom. The Morgan fingerprint density at radius 3 is 2.30 bits per heavy atom. The number of nitrogens with one attached hydrogen (secondary N) is 1. The van der Waals surface area contributed by atoms with Crippen molar-refractivity contribution in [3.8, 4) is 0 Å². The molecule has 3 saturated carbocycles. The van der Waals surface area contributed by atoms with Gasteiger partial charge in [0.25, 0.3) is 0 Å². The van der Waals surface area contributed by atoms with Gasteiger partial charge in [0.05, 0.1) is 6.42 Å². The van der Waals surface area contributed by atoms with Crippen molar-refractivity contribution >= 4 is 5.91 Å². The zero-order chi connectivity index (χ0) is 13.7. The summed E-state index contributed by atoms with van der Waals surface area (Å²) in [5, 5.41) is 3.27. The molecule has 2 bridgehead atoms. The second-order valence-electron chi connectivity index (χ2n) is 6.78. The summed E-state index contributed by atoms with van der Waals surface area (Å²) in [6.45, 7) is 0.556. The fourth-order valence-corrected chi connectivity index (χ4v) is 4.73. The maximum atomic E-state index is 12.1. The van der Waals surface area contributed by atoms with Gasteiger partial charge in [0.1, 0.15) is 0 Å². The molecule has 3 N–H and O–H groups in total. The van der Waals surface area contributed by atoms with Crippen molar-refractivity contribution in [3.63, 3.8) is 0 Å². The summed E-state index contributed by atoms with van der Waals surface area (Å²) in [5.41, 5.74) is 7.77. The van der Waals surface area contributed by atoms with Gasteiger partial charge in [-0.2, -0.15) is 0 Å². The monoisotopic (exact) mass is 270 g/mol. The summed E-state index contributed by atoms with van der Waals surface area (Å²) in [6.07, 6.45) is 4.73. The van der Waals surface area contributed by atoms with Crippen molar-refractivity contribution in [1.29, 1.82) is 0 Å². The fourth-order valence-electron chi connectivity index (χ4n) is 4.73. The van der Waals surface area contributed by atoms with Gasteiger partial charge in [-0.3, -0.25) is 4.79 Å². The summed E-state index contributed by atoms with van der Waals surface area (Å²) < 4.78 is 0. The lowest BCUT2D eigenvalue weighted by Gasteiger charge is -2.10. The smallest absolute Gasteiger partial charge is 0.224 e. The molecular formula is C17H22N2O. The van der Waals surface area contributed by atoms with Gasteiger partial charge in [-0.25, -0.2) is 0 Å². The Labute approximate surface area is 119 Å². The van der Waals surface area contributed by atoms with E-state index in [2.05, 4.69) is 5.32 Å². The molecule has 1 amide bonds. The molecule has 0 heterocycles. The number of hydrogen-bond donors (Lipinski definition) is 2. The third-order valence-corrected chi connectivity index (χ3v) is 5.69. The molecule has 1 aromatic carbocycles. The average molecular weight is 270 g/mol. The number of fused-ring (bicyclic) bond motifs is 5. The van der Waals surface area contributed by atoms with Gasteiger partial charge in [-0.1, -0.05) is 24.3 Å². The Hall–Kier alpha value is -1.35. The van der Waals surface area contributed by atoms with E-state index in [1.165, 1.54) is 19.3 Å². The number of carbonyl (C=O) groups excluding carboxylic acids is 1. The minimum absolute atomic E-state index is 0.185. The molecule has 20 heavy (non-hydrogen) atoms. The Balaban J connectivity index is 1.33. The first-order chi connectivity index (χ1) is 9.76. The summed E-state index contributed by atoms with van der Waals surface area (Å²) in [5.74, 6) is 3.65. The molecule has 4 unspecified atom stereocenters. The van der Waals surface area contributed by atoms with E-state index < -0.39 is 0 Å². The van der Waals surface area contributed by atoms with Gasteiger partial charge in [0.2, 0.25) is 5.91 Å². The zero-order valence-electron chi connectivity index (χ0n) is 11.7. The van der Waals surface area contributed by atoms with E-state index in [4.69, 9.17) is 5.73 Å². The Kier molecular flexibility index (Phi) is 2.84. The largest absolute Gasteiger partial charge is 0.352 e. The highest BCUT2D eigenvalue weighted by molar-refractivity contribution is 5.79. The Bertz CT molecular complexity index is 508. The fraction of sp³-hybridized carbons (Fsp3) is 0.588. The molecule has 4 atom stereocenters. The van der Waals surface area contributed by atoms with Gasteiger partial charge in [0, 0.05) is 12.6 Å². The maximum absolute atomic E-state index is 12.1. The molecule has 0 radical (unpaired) electrons. The van der Waals surface area contributed by atoms with Gasteiger partial charge in [0.15, 0.2) is 0 Å². The number of amides is 1. The normalized spacial score (nSPS) is 36.8. The zero-order valence-corrected chi connectivity index (χ0v) is 11.7. The number of hydrogen-bond acceptors (Lipinski definition) is 2. The van der Waals surface area contributed by atoms with Crippen LogP contribution in [-0.4, -0.2) is 11.9 Å². The van der Waals surface area contributed by atoms with E-state index in [-0.39, 0.29) is 5.91 Å². The van der Waals surface area contributed by atoms with Gasteiger partial charge < -0.3 is 11.1 Å². The summed E-state index contributed by atoms with van der Waals surface area (Å²) in [6, 6.07) is 8.54. The Morgan fingerprint density at radius 1 is 1.10 bits per heavy atom. The van der Waals surface area contributed by atoms with Crippen LogP contribution in [0.25, 0.3) is 0 Å². The lowest BCUT2D eigenvalue weighted by molar-refractivity contribution is -0.120. The van der Waals surface area contributed by atoms with Crippen LogP contribution < -0.4 is 11.1 Å². The van der Waals surface area contributed by atoms with Crippen molar-refractivity contribution in [2.24, 2.45) is 29.4 Å². The maximum Gasteiger partial charge on any atom is 0.224 e. The van der Waals surface area contributed by atoms with E-state index in [9.17, 15) is 4.79 Å². The van der Waals surface area contributed by atoms with Crippen LogP contribution >= 0.6 is 0 Å². The van der Waals surface area contributed by atoms with Crippen LogP contribution in [-0.2, 0) is 17.8 Å². The molecule has 0 spiro atoms. The second-order valence-corrected chi connectivity index (χ2v) is 6.78. The van der Waals surface area contributed by atoms with Crippen molar-refractivity contribution in [1.82, 2.24) is 5.32 Å². The van der Waals surface area contributed by atoms with Crippen LogP contribution in [0.2, 0.25) is 0 Å². The molecule has 1 aromatic rings. The van der Waals surface area contributed by atoms with E-state index in [1.54, 1.807) is 0 Å². The minimum atomic E-state index is 0.185. The van der Waals surface area contributed by atoms with Crippen LogP contribution in [0.4, 0.5) is 0 Å². The molecule has 3 aliphatic carbocycles. The van der Waals surface area contributed by atoms with E-state index in [0.717, 1.165) is 34.8 Å². The van der Waals surface area contributed by atoms with Crippen LogP contribution in [0.15, 0.2) is 24.3 Å². The molecule has 0 aliphatic heterocycles. The summed E-state index contributed by atoms with van der Waals surface area (Å²) in [7, 11) is 0. The predicted molar refractivity (Wildman–Crippen MR) is 77.8 cm³/mol. The number of benzene rings is 1. The van der Waals surface area contributed by atoms with Crippen molar-refractivity contribution in [2.75, 3.05) is 0 Å². The lowest BCUT2D eigenvalue weighted by Crippen LogP contribution is -2.31. The van der Waals surface area contributed by atoms with Gasteiger partial charge >= 0.3 is 0 Å². The lowest BCUT2D eigenvalue weighted by atomic mass is 10.0. The topological polar surface area (TPSA) is 55.1 Å². The molecule has 4 rings (SSSR count). The summed E-state index contributed by atoms with van der Waals surface area (Å²) >= 11 is 0. The van der Waals surface area contributed by atoms with E-state index in [1.807, 2.05) is 24.3 Å². The molecule has 3 heteroatoms. The second kappa shape index (κ2) is 4.59. The third-order valence-electron chi connectivity index (χ3n) is 5.69. The average Bonchev–Trinajstić information content (AvgIpc) is 2.85. The van der Waals surface area contributed by atoms with Crippen LogP contribution in [0.5, 0.6) is 0 Å². The highest BCUT2D eigenvalue weighted by Crippen LogP contribution is 2.65. The van der Waals surface area contributed by atoms with Crippen LogP contribution in [0.1, 0.15) is 30.4 Å². The molecular weight excluding hydrogens is 248 g/mol. The number of rotatable bonds is 4. The predicted octanol–water partition coefficient (Wildman–Crippen LogP) is 1.85. The highest BCUT2D eigenvalue weighted by Gasteiger charge is 2.65. The standard InChI is InChI=1S/C17H22N2O/c18-9-11-3-1-10(2-4-11)7-14(20)19-17-15-12-5-6-13(8-12)16(15)17/h1-4,12-13,15-17H,5-9,18H2,(H,19,20). The molecule has 3 nitrogen and oxygen atoms in total. The first-order valence-corrected chi connectivity index (χ1v) is 7.83. The first kappa shape index (κ1) is 12.4. The van der Waals surface area contributed by atoms with Crippen molar-refractivity contribution < 1.29 is 4.79 Å². The molecule has 3 fully saturated rings. The van der Waals surface area contributed by atoms with Crippen LogP contribution in [0, 0.1) is 23.7 Å². The summed E-state index contributed by atoms with van der Waals surface area (Å²) in [4.78, 5) is 12.1. The first-order valence-electron chi connectivity index (χ1n) is 7.83. The number of nitrogens with two attached hydrogens (primary N) is 1. The highest BCUT2D eigenvalue weighted by atomic mass is 16.1. The minimum Gasteiger partial charge on any atom is -0.352 e. The van der Waals surface area contributed by atoms with Crippen LogP contribution in [0.3, 0.4) is 0 Å². The SMILES string of the molecule is NCc1ccc(CC(=O)NC2C3C4CCC(C4)C23)cc1. The van der Waals surface area contributed by atoms with Gasteiger partial charge in [-0.15, -0.1) is 0 Å². The molecule has 3 aliphatic rings. The quantitative estimate of drug-likeness (QED) is 0.877. The third kappa shape index (κ3) is 1.96. The van der Waals surface area contributed by atoms with Crippen molar-refractivity contribution in [3.05, 3.63) is 35.4 Å². The molecule has 0 aromatic heterocycles. The van der Waals surface area contributed by atoms with E-state index in [0.29, 0.717) is 19.0 Å². The number of carbonyl (C=O) groups is 1. The molecule has 0 saturated heterocycles.